The minimum absolute atomic E-state index is 0.130. The number of nitrogens with zero attached hydrogens (tertiary/aromatic N) is 1. The Hall–Kier alpha value is -2.94. The lowest BCUT2D eigenvalue weighted by Gasteiger charge is -2.13. The van der Waals surface area contributed by atoms with Crippen LogP contribution in [0.1, 0.15) is 25.3 Å². The summed E-state index contributed by atoms with van der Waals surface area (Å²) >= 11 is 0. The number of phenolic OH excluding ortho intramolecular Hbond substituents is 1. The molecule has 1 N–H and O–H groups in total. The molecule has 0 aliphatic rings. The third-order valence-corrected chi connectivity index (χ3v) is 4.61. The Labute approximate surface area is 145 Å². The molecule has 1 heterocycles. The van der Waals surface area contributed by atoms with E-state index in [0.29, 0.717) is 10.9 Å². The summed E-state index contributed by atoms with van der Waals surface area (Å²) in [5.74, 6) is 0.0408. The number of aromatic nitrogens is 1. The van der Waals surface area contributed by atoms with E-state index in [4.69, 9.17) is 0 Å². The van der Waals surface area contributed by atoms with Gasteiger partial charge in [-0.05, 0) is 35.1 Å². The normalized spacial score (nSPS) is 11.5. The highest BCUT2D eigenvalue weighted by Gasteiger charge is 2.16. The van der Waals surface area contributed by atoms with Gasteiger partial charge in [-0.25, -0.2) is 9.37 Å². The van der Waals surface area contributed by atoms with Crippen LogP contribution >= 0.6 is 0 Å². The van der Waals surface area contributed by atoms with Crippen molar-refractivity contribution in [1.29, 1.82) is 0 Å². The van der Waals surface area contributed by atoms with Crippen molar-refractivity contribution in [2.24, 2.45) is 0 Å². The first-order valence-electron chi connectivity index (χ1n) is 8.36. The van der Waals surface area contributed by atoms with Crippen LogP contribution in [0.25, 0.3) is 32.9 Å². The fraction of sp³-hybridized carbons (Fsp3) is 0.136. The van der Waals surface area contributed by atoms with Gasteiger partial charge in [0.1, 0.15) is 17.3 Å². The predicted molar refractivity (Wildman–Crippen MR) is 100 cm³/mol. The first kappa shape index (κ1) is 15.6. The monoisotopic (exact) mass is 331 g/mol. The molecular weight excluding hydrogens is 313 g/mol. The van der Waals surface area contributed by atoms with Gasteiger partial charge in [0.05, 0.1) is 5.52 Å². The van der Waals surface area contributed by atoms with Crippen LogP contribution in [0.15, 0.2) is 60.7 Å². The van der Waals surface area contributed by atoms with E-state index < -0.39 is 0 Å². The molecule has 1 aromatic heterocycles. The largest absolute Gasteiger partial charge is 0.507 e. The number of hydrogen-bond acceptors (Lipinski definition) is 2. The van der Waals surface area contributed by atoms with E-state index in [1.807, 2.05) is 36.4 Å². The van der Waals surface area contributed by atoms with Gasteiger partial charge < -0.3 is 5.11 Å². The molecule has 124 valence electrons. The van der Waals surface area contributed by atoms with Gasteiger partial charge in [-0.2, -0.15) is 0 Å². The molecule has 0 saturated heterocycles. The van der Waals surface area contributed by atoms with E-state index in [9.17, 15) is 9.50 Å². The fourth-order valence-electron chi connectivity index (χ4n) is 3.40. The molecule has 0 radical (unpaired) electrons. The lowest BCUT2D eigenvalue weighted by molar-refractivity contribution is 0.482. The third kappa shape index (κ3) is 2.52. The Balaban J connectivity index is 2.05. The van der Waals surface area contributed by atoms with Crippen LogP contribution in [0.3, 0.4) is 0 Å². The number of pyridine rings is 1. The molecule has 0 aliphatic heterocycles. The van der Waals surface area contributed by atoms with Gasteiger partial charge >= 0.3 is 0 Å². The SMILES string of the molecule is CC(C)c1cccc2nc(-c3cccc4cccc(O)c34)c(F)cc12. The number of phenols is 1. The van der Waals surface area contributed by atoms with E-state index in [0.717, 1.165) is 21.9 Å². The Morgan fingerprint density at radius 1 is 0.960 bits per heavy atom. The standard InChI is InChI=1S/C22H18FNO/c1-13(2)15-8-5-10-19-17(15)12-18(23)22(24-19)16-9-3-6-14-7-4-11-20(25)21(14)16/h3-13,25H,1-2H3. The maximum absolute atomic E-state index is 15.0. The molecule has 0 spiro atoms. The highest BCUT2D eigenvalue weighted by atomic mass is 19.1. The molecule has 0 amide bonds. The van der Waals surface area contributed by atoms with Crippen LogP contribution < -0.4 is 0 Å². The Morgan fingerprint density at radius 3 is 2.44 bits per heavy atom. The zero-order chi connectivity index (χ0) is 17.6. The average molecular weight is 331 g/mol. The molecule has 3 heteroatoms. The maximum Gasteiger partial charge on any atom is 0.150 e. The number of rotatable bonds is 2. The average Bonchev–Trinajstić information content (AvgIpc) is 2.60. The number of hydrogen-bond donors (Lipinski definition) is 1. The van der Waals surface area contributed by atoms with Crippen LogP contribution in [0, 0.1) is 5.82 Å². The Kier molecular flexibility index (Phi) is 3.65. The zero-order valence-corrected chi connectivity index (χ0v) is 14.1. The fourth-order valence-corrected chi connectivity index (χ4v) is 3.40. The van der Waals surface area contributed by atoms with Crippen molar-refractivity contribution in [1.82, 2.24) is 4.98 Å². The highest BCUT2D eigenvalue weighted by Crippen LogP contribution is 2.36. The molecule has 0 fully saturated rings. The van der Waals surface area contributed by atoms with Gasteiger partial charge in [0.15, 0.2) is 0 Å². The van der Waals surface area contributed by atoms with Crippen molar-refractivity contribution in [3.8, 4) is 17.0 Å². The van der Waals surface area contributed by atoms with Crippen molar-refractivity contribution in [3.63, 3.8) is 0 Å². The van der Waals surface area contributed by atoms with Crippen LogP contribution in [0.5, 0.6) is 5.75 Å². The predicted octanol–water partition coefficient (Wildman–Crippen LogP) is 6.02. The molecule has 4 rings (SSSR count). The minimum Gasteiger partial charge on any atom is -0.507 e. The van der Waals surface area contributed by atoms with Crippen LogP contribution in [-0.2, 0) is 0 Å². The number of aromatic hydroxyl groups is 1. The van der Waals surface area contributed by atoms with Crippen LogP contribution in [0.2, 0.25) is 0 Å². The maximum atomic E-state index is 15.0. The summed E-state index contributed by atoms with van der Waals surface area (Å²) in [6, 6.07) is 18.3. The molecule has 0 aliphatic carbocycles. The molecular formula is C22H18FNO. The summed E-state index contributed by atoms with van der Waals surface area (Å²) < 4.78 is 15.0. The first-order chi connectivity index (χ1) is 12.1. The summed E-state index contributed by atoms with van der Waals surface area (Å²) in [5.41, 5.74) is 2.71. The highest BCUT2D eigenvalue weighted by molar-refractivity contribution is 6.01. The molecule has 0 unspecified atom stereocenters. The minimum atomic E-state index is -0.378. The quantitative estimate of drug-likeness (QED) is 0.487. The number of benzene rings is 3. The van der Waals surface area contributed by atoms with Crippen molar-refractivity contribution >= 4 is 21.7 Å². The van der Waals surface area contributed by atoms with Gasteiger partial charge in [-0.15, -0.1) is 0 Å². The molecule has 0 saturated carbocycles. The molecule has 3 aromatic carbocycles. The van der Waals surface area contributed by atoms with Crippen LogP contribution in [-0.4, -0.2) is 10.1 Å². The summed E-state index contributed by atoms with van der Waals surface area (Å²) in [6.45, 7) is 4.17. The van der Waals surface area contributed by atoms with Crippen molar-refractivity contribution in [3.05, 3.63) is 72.0 Å². The molecule has 0 atom stereocenters. The summed E-state index contributed by atoms with van der Waals surface area (Å²) in [6.07, 6.45) is 0. The summed E-state index contributed by atoms with van der Waals surface area (Å²) in [5, 5.41) is 12.6. The van der Waals surface area contributed by atoms with Gasteiger partial charge in [-0.3, -0.25) is 0 Å². The van der Waals surface area contributed by atoms with E-state index in [1.54, 1.807) is 24.3 Å². The van der Waals surface area contributed by atoms with Crippen molar-refractivity contribution in [2.75, 3.05) is 0 Å². The smallest absolute Gasteiger partial charge is 0.150 e. The van der Waals surface area contributed by atoms with Crippen molar-refractivity contribution < 1.29 is 9.50 Å². The Bertz CT molecular complexity index is 1100. The van der Waals surface area contributed by atoms with E-state index in [-0.39, 0.29) is 23.2 Å². The summed E-state index contributed by atoms with van der Waals surface area (Å²) in [4.78, 5) is 4.59. The molecule has 4 aromatic rings. The zero-order valence-electron chi connectivity index (χ0n) is 14.1. The first-order valence-corrected chi connectivity index (χ1v) is 8.36. The van der Waals surface area contributed by atoms with Gasteiger partial charge in [0.2, 0.25) is 0 Å². The molecule has 25 heavy (non-hydrogen) atoms. The van der Waals surface area contributed by atoms with Crippen molar-refractivity contribution in [2.45, 2.75) is 19.8 Å². The third-order valence-electron chi connectivity index (χ3n) is 4.61. The second-order valence-electron chi connectivity index (χ2n) is 6.57. The topological polar surface area (TPSA) is 33.1 Å². The molecule has 2 nitrogen and oxygen atoms in total. The lowest BCUT2D eigenvalue weighted by Crippen LogP contribution is -1.96. The summed E-state index contributed by atoms with van der Waals surface area (Å²) in [7, 11) is 0. The molecule has 0 bridgehead atoms. The van der Waals surface area contributed by atoms with E-state index in [1.165, 1.54) is 0 Å². The van der Waals surface area contributed by atoms with Gasteiger partial charge in [0.25, 0.3) is 0 Å². The lowest BCUT2D eigenvalue weighted by atomic mass is 9.96. The van der Waals surface area contributed by atoms with Gasteiger partial charge in [-0.1, -0.05) is 56.3 Å². The second kappa shape index (κ2) is 5.85. The van der Waals surface area contributed by atoms with E-state index in [2.05, 4.69) is 18.8 Å². The van der Waals surface area contributed by atoms with E-state index >= 15 is 0 Å². The number of halogens is 1. The van der Waals surface area contributed by atoms with Crippen LogP contribution in [0.4, 0.5) is 4.39 Å². The number of fused-ring (bicyclic) bond motifs is 2. The van der Waals surface area contributed by atoms with Gasteiger partial charge in [0, 0.05) is 16.3 Å². The Morgan fingerprint density at radius 2 is 1.68 bits per heavy atom. The second-order valence-corrected chi connectivity index (χ2v) is 6.57.